The highest BCUT2D eigenvalue weighted by molar-refractivity contribution is 7.22. The van der Waals surface area contributed by atoms with E-state index in [4.69, 9.17) is 5.73 Å². The molecule has 0 radical (unpaired) electrons. The lowest BCUT2D eigenvalue weighted by Gasteiger charge is -2.16. The minimum atomic E-state index is 0.0528. The lowest BCUT2D eigenvalue weighted by molar-refractivity contribution is -0.120. The summed E-state index contributed by atoms with van der Waals surface area (Å²) in [5.41, 5.74) is 6.66. The number of amides is 1. The number of thiazole rings is 1. The van der Waals surface area contributed by atoms with E-state index in [2.05, 4.69) is 10.3 Å². The zero-order valence-corrected chi connectivity index (χ0v) is 11.5. The van der Waals surface area contributed by atoms with Gasteiger partial charge in [0.05, 0.1) is 10.2 Å². The van der Waals surface area contributed by atoms with E-state index in [0.717, 1.165) is 29.5 Å². The molecule has 1 aliphatic carbocycles. The van der Waals surface area contributed by atoms with Crippen LogP contribution in [0.25, 0.3) is 10.2 Å². The molecule has 0 spiro atoms. The summed E-state index contributed by atoms with van der Waals surface area (Å²) < 4.78 is 1.10. The third kappa shape index (κ3) is 2.48. The Labute approximate surface area is 116 Å². The molecule has 100 valence electrons. The molecular formula is C14H17N3OS. The molecule has 4 nitrogen and oxygen atoms in total. The van der Waals surface area contributed by atoms with Crippen molar-refractivity contribution in [1.82, 2.24) is 4.98 Å². The Balaban J connectivity index is 1.75. The topological polar surface area (TPSA) is 68.0 Å². The van der Waals surface area contributed by atoms with Crippen molar-refractivity contribution in [2.24, 2.45) is 17.6 Å². The average Bonchev–Trinajstić information content (AvgIpc) is 3.03. The summed E-state index contributed by atoms with van der Waals surface area (Å²) in [5, 5.41) is 3.64. The van der Waals surface area contributed by atoms with Crippen molar-refractivity contribution >= 4 is 32.6 Å². The first kappa shape index (κ1) is 12.6. The summed E-state index contributed by atoms with van der Waals surface area (Å²) in [4.78, 5) is 16.7. The van der Waals surface area contributed by atoms with Gasteiger partial charge in [-0.05, 0) is 37.4 Å². The Morgan fingerprint density at radius 1 is 1.42 bits per heavy atom. The number of anilines is 1. The van der Waals surface area contributed by atoms with Crippen LogP contribution in [0, 0.1) is 11.8 Å². The fourth-order valence-corrected chi connectivity index (χ4v) is 3.66. The Morgan fingerprint density at radius 2 is 2.26 bits per heavy atom. The maximum Gasteiger partial charge on any atom is 0.229 e. The van der Waals surface area contributed by atoms with Gasteiger partial charge in [-0.15, -0.1) is 0 Å². The molecular weight excluding hydrogens is 258 g/mol. The number of carbonyl (C=O) groups excluding carboxylic acids is 1. The van der Waals surface area contributed by atoms with E-state index in [-0.39, 0.29) is 11.8 Å². The van der Waals surface area contributed by atoms with Crippen LogP contribution in [0.15, 0.2) is 24.3 Å². The van der Waals surface area contributed by atoms with Crippen LogP contribution in [-0.4, -0.2) is 17.4 Å². The molecule has 1 amide bonds. The summed E-state index contributed by atoms with van der Waals surface area (Å²) >= 11 is 1.52. The van der Waals surface area contributed by atoms with E-state index in [0.29, 0.717) is 17.6 Å². The standard InChI is InChI=1S/C14H17N3OS/c15-8-9-4-3-5-10(9)13(18)17-14-16-11-6-1-2-7-12(11)19-14/h1-2,6-7,9-10H,3-5,8,15H2,(H,16,17,18)/t9-,10-/m1/s1. The van der Waals surface area contributed by atoms with Gasteiger partial charge in [-0.25, -0.2) is 4.98 Å². The molecule has 1 fully saturated rings. The SMILES string of the molecule is NC[C@H]1CCC[C@H]1C(=O)Nc1nc2ccccc2s1. The van der Waals surface area contributed by atoms with Crippen LogP contribution in [0.5, 0.6) is 0 Å². The number of carbonyl (C=O) groups is 1. The lowest BCUT2D eigenvalue weighted by atomic mass is 9.95. The van der Waals surface area contributed by atoms with Gasteiger partial charge in [0.15, 0.2) is 5.13 Å². The van der Waals surface area contributed by atoms with Gasteiger partial charge in [0.25, 0.3) is 0 Å². The van der Waals surface area contributed by atoms with Crippen LogP contribution in [0.1, 0.15) is 19.3 Å². The first-order chi connectivity index (χ1) is 9.28. The molecule has 0 unspecified atom stereocenters. The van der Waals surface area contributed by atoms with Crippen LogP contribution >= 0.6 is 11.3 Å². The summed E-state index contributed by atoms with van der Waals surface area (Å²) in [6.07, 6.45) is 3.10. The number of nitrogens with zero attached hydrogens (tertiary/aromatic N) is 1. The fourth-order valence-electron chi connectivity index (χ4n) is 2.79. The van der Waals surface area contributed by atoms with Crippen molar-refractivity contribution in [1.29, 1.82) is 0 Å². The average molecular weight is 275 g/mol. The zero-order valence-electron chi connectivity index (χ0n) is 10.6. The van der Waals surface area contributed by atoms with Gasteiger partial charge in [-0.2, -0.15) is 0 Å². The van der Waals surface area contributed by atoms with Crippen molar-refractivity contribution < 1.29 is 4.79 Å². The monoisotopic (exact) mass is 275 g/mol. The number of fused-ring (bicyclic) bond motifs is 1. The second-order valence-corrected chi connectivity index (χ2v) is 6.04. The maximum absolute atomic E-state index is 12.3. The lowest BCUT2D eigenvalue weighted by Crippen LogP contribution is -2.29. The largest absolute Gasteiger partial charge is 0.330 e. The second kappa shape index (κ2) is 5.27. The quantitative estimate of drug-likeness (QED) is 0.904. The van der Waals surface area contributed by atoms with Crippen molar-refractivity contribution in [2.45, 2.75) is 19.3 Å². The summed E-state index contributed by atoms with van der Waals surface area (Å²) in [5.74, 6) is 0.457. The highest BCUT2D eigenvalue weighted by Gasteiger charge is 2.32. The molecule has 3 N–H and O–H groups in total. The predicted molar refractivity (Wildman–Crippen MR) is 78.1 cm³/mol. The van der Waals surface area contributed by atoms with Crippen LogP contribution in [0.3, 0.4) is 0 Å². The number of hydrogen-bond donors (Lipinski definition) is 2. The molecule has 3 rings (SSSR count). The van der Waals surface area contributed by atoms with E-state index >= 15 is 0 Å². The molecule has 1 heterocycles. The highest BCUT2D eigenvalue weighted by Crippen LogP contribution is 2.33. The molecule has 0 bridgehead atoms. The minimum absolute atomic E-state index is 0.0528. The van der Waals surface area contributed by atoms with Gasteiger partial charge in [0.1, 0.15) is 0 Å². The predicted octanol–water partition coefficient (Wildman–Crippen LogP) is 2.61. The number of hydrogen-bond acceptors (Lipinski definition) is 4. The smallest absolute Gasteiger partial charge is 0.229 e. The number of nitrogens with two attached hydrogens (primary N) is 1. The molecule has 5 heteroatoms. The van der Waals surface area contributed by atoms with Gasteiger partial charge >= 0.3 is 0 Å². The molecule has 2 aromatic rings. The fraction of sp³-hybridized carbons (Fsp3) is 0.429. The first-order valence-corrected chi connectivity index (χ1v) is 7.46. The van der Waals surface area contributed by atoms with Gasteiger partial charge in [0.2, 0.25) is 5.91 Å². The van der Waals surface area contributed by atoms with Crippen LogP contribution in [-0.2, 0) is 4.79 Å². The van der Waals surface area contributed by atoms with E-state index < -0.39 is 0 Å². The molecule has 19 heavy (non-hydrogen) atoms. The van der Waals surface area contributed by atoms with Crippen LogP contribution < -0.4 is 11.1 Å². The van der Waals surface area contributed by atoms with Gasteiger partial charge in [0, 0.05) is 5.92 Å². The summed E-state index contributed by atoms with van der Waals surface area (Å²) in [6, 6.07) is 7.91. The van der Waals surface area contributed by atoms with Crippen molar-refractivity contribution in [2.75, 3.05) is 11.9 Å². The maximum atomic E-state index is 12.3. The molecule has 0 aliphatic heterocycles. The molecule has 1 aromatic carbocycles. The Morgan fingerprint density at radius 3 is 3.05 bits per heavy atom. The normalized spacial score (nSPS) is 22.8. The number of rotatable bonds is 3. The van der Waals surface area contributed by atoms with Gasteiger partial charge in [-0.3, -0.25) is 4.79 Å². The highest BCUT2D eigenvalue weighted by atomic mass is 32.1. The van der Waals surface area contributed by atoms with E-state index in [9.17, 15) is 4.79 Å². The van der Waals surface area contributed by atoms with E-state index in [1.807, 2.05) is 24.3 Å². The Bertz CT molecular complexity index is 562. The molecule has 2 atom stereocenters. The molecule has 0 saturated heterocycles. The number of aromatic nitrogens is 1. The summed E-state index contributed by atoms with van der Waals surface area (Å²) in [6.45, 7) is 0.595. The van der Waals surface area contributed by atoms with E-state index in [1.165, 1.54) is 11.3 Å². The Hall–Kier alpha value is -1.46. The van der Waals surface area contributed by atoms with Crippen LogP contribution in [0.2, 0.25) is 0 Å². The summed E-state index contributed by atoms with van der Waals surface area (Å²) in [7, 11) is 0. The Kier molecular flexibility index (Phi) is 3.48. The van der Waals surface area contributed by atoms with Gasteiger partial charge in [-0.1, -0.05) is 29.9 Å². The number of nitrogens with one attached hydrogen (secondary N) is 1. The first-order valence-electron chi connectivity index (χ1n) is 6.64. The van der Waals surface area contributed by atoms with Crippen molar-refractivity contribution in [3.8, 4) is 0 Å². The van der Waals surface area contributed by atoms with Gasteiger partial charge < -0.3 is 11.1 Å². The van der Waals surface area contributed by atoms with Crippen LogP contribution in [0.4, 0.5) is 5.13 Å². The number of benzene rings is 1. The number of para-hydroxylation sites is 1. The second-order valence-electron chi connectivity index (χ2n) is 5.01. The van der Waals surface area contributed by atoms with E-state index in [1.54, 1.807) is 0 Å². The molecule has 1 saturated carbocycles. The van der Waals surface area contributed by atoms with Crippen molar-refractivity contribution in [3.63, 3.8) is 0 Å². The molecule has 1 aliphatic rings. The van der Waals surface area contributed by atoms with Crippen molar-refractivity contribution in [3.05, 3.63) is 24.3 Å². The minimum Gasteiger partial charge on any atom is -0.330 e. The molecule has 1 aromatic heterocycles. The third-order valence-electron chi connectivity index (χ3n) is 3.82. The zero-order chi connectivity index (χ0) is 13.2. The third-order valence-corrected chi connectivity index (χ3v) is 4.77.